The van der Waals surface area contributed by atoms with Crippen molar-refractivity contribution in [2.75, 3.05) is 6.61 Å². The summed E-state index contributed by atoms with van der Waals surface area (Å²) in [6.45, 7) is 4.35. The highest BCUT2D eigenvalue weighted by atomic mass is 16.5. The highest BCUT2D eigenvalue weighted by molar-refractivity contribution is 5.97. The minimum absolute atomic E-state index is 0.149. The molecule has 0 atom stereocenters. The lowest BCUT2D eigenvalue weighted by molar-refractivity contribution is -0.117. The van der Waals surface area contributed by atoms with Gasteiger partial charge in [-0.3, -0.25) is 4.79 Å². The van der Waals surface area contributed by atoms with Gasteiger partial charge in [-0.15, -0.1) is 0 Å². The van der Waals surface area contributed by atoms with Crippen LogP contribution in [0.25, 0.3) is 17.5 Å². The highest BCUT2D eigenvalue weighted by Crippen LogP contribution is 2.17. The Bertz CT molecular complexity index is 918. The average molecular weight is 364 g/mol. The quantitative estimate of drug-likeness (QED) is 0.647. The van der Waals surface area contributed by atoms with Gasteiger partial charge in [0.2, 0.25) is 23.5 Å². The fourth-order valence-electron chi connectivity index (χ4n) is 2.35. The Balaban J connectivity index is 1.59. The number of hydrogen-bond donors (Lipinski definition) is 1. The first-order valence-electron chi connectivity index (χ1n) is 8.59. The molecule has 0 aliphatic carbocycles. The largest absolute Gasteiger partial charge is 0.478 e. The monoisotopic (exact) mass is 364 g/mol. The molecule has 1 aromatic carbocycles. The summed E-state index contributed by atoms with van der Waals surface area (Å²) in [7, 11) is 0. The summed E-state index contributed by atoms with van der Waals surface area (Å²) < 4.78 is 10.5. The van der Waals surface area contributed by atoms with Crippen LogP contribution in [0.1, 0.15) is 25.3 Å². The minimum Gasteiger partial charge on any atom is -0.478 e. The molecule has 138 valence electrons. The molecule has 0 bridgehead atoms. The molecule has 7 heteroatoms. The molecule has 1 amide bonds. The Morgan fingerprint density at radius 2 is 2.04 bits per heavy atom. The highest BCUT2D eigenvalue weighted by Gasteiger charge is 2.11. The van der Waals surface area contributed by atoms with E-state index in [2.05, 4.69) is 20.4 Å². The summed E-state index contributed by atoms with van der Waals surface area (Å²) in [4.78, 5) is 20.7. The van der Waals surface area contributed by atoms with Crippen LogP contribution in [0, 0.1) is 0 Å². The summed E-state index contributed by atoms with van der Waals surface area (Å²) >= 11 is 0. The molecule has 7 nitrogen and oxygen atoms in total. The van der Waals surface area contributed by atoms with E-state index in [9.17, 15) is 4.79 Å². The molecule has 0 fully saturated rings. The van der Waals surface area contributed by atoms with Crippen molar-refractivity contribution in [2.24, 2.45) is 0 Å². The molecule has 0 aliphatic heterocycles. The predicted molar refractivity (Wildman–Crippen MR) is 101 cm³/mol. The van der Waals surface area contributed by atoms with Crippen LogP contribution >= 0.6 is 0 Å². The zero-order chi connectivity index (χ0) is 19.1. The lowest BCUT2D eigenvalue weighted by Crippen LogP contribution is -2.23. The Kier molecular flexibility index (Phi) is 5.94. The van der Waals surface area contributed by atoms with E-state index in [0.29, 0.717) is 35.3 Å². The average Bonchev–Trinajstić information content (AvgIpc) is 3.17. The van der Waals surface area contributed by atoms with E-state index >= 15 is 0 Å². The number of nitrogens with zero attached hydrogens (tertiary/aromatic N) is 3. The van der Waals surface area contributed by atoms with Gasteiger partial charge in [0.25, 0.3) is 0 Å². The third kappa shape index (κ3) is 5.01. The number of benzene rings is 1. The normalized spacial score (nSPS) is 11.3. The number of carbonyl (C=O) groups is 1. The van der Waals surface area contributed by atoms with Crippen molar-refractivity contribution in [2.45, 2.75) is 20.4 Å². The second kappa shape index (κ2) is 8.75. The molecule has 1 N–H and O–H groups in total. The first kappa shape index (κ1) is 18.3. The number of nitrogens with one attached hydrogen (secondary N) is 1. The number of rotatable bonds is 7. The molecular weight excluding hydrogens is 344 g/mol. The van der Waals surface area contributed by atoms with Gasteiger partial charge in [0.15, 0.2) is 0 Å². The SMILES string of the molecule is CCOc1ccc(-c2noc(CNC(=O)/C(C)=C/c3ccccc3)n2)cn1. The van der Waals surface area contributed by atoms with E-state index < -0.39 is 0 Å². The van der Waals surface area contributed by atoms with Crippen molar-refractivity contribution in [1.29, 1.82) is 0 Å². The van der Waals surface area contributed by atoms with Crippen LogP contribution < -0.4 is 10.1 Å². The third-order valence-electron chi connectivity index (χ3n) is 3.70. The maximum Gasteiger partial charge on any atom is 0.247 e. The summed E-state index contributed by atoms with van der Waals surface area (Å²) in [6.07, 6.45) is 3.44. The molecule has 0 unspecified atom stereocenters. The van der Waals surface area contributed by atoms with E-state index in [1.54, 1.807) is 25.3 Å². The van der Waals surface area contributed by atoms with Crippen LogP contribution in [0.2, 0.25) is 0 Å². The van der Waals surface area contributed by atoms with Crippen molar-refractivity contribution < 1.29 is 14.1 Å². The van der Waals surface area contributed by atoms with E-state index in [4.69, 9.17) is 9.26 Å². The van der Waals surface area contributed by atoms with Gasteiger partial charge in [0.1, 0.15) is 0 Å². The molecular formula is C20H20N4O3. The van der Waals surface area contributed by atoms with Gasteiger partial charge in [-0.1, -0.05) is 35.5 Å². The zero-order valence-corrected chi connectivity index (χ0v) is 15.2. The molecule has 3 rings (SSSR count). The predicted octanol–water partition coefficient (Wildman–Crippen LogP) is 3.25. The van der Waals surface area contributed by atoms with Crippen LogP contribution in [0.4, 0.5) is 0 Å². The lowest BCUT2D eigenvalue weighted by Gasteiger charge is -2.02. The van der Waals surface area contributed by atoms with Gasteiger partial charge in [-0.05, 0) is 31.6 Å². The standard InChI is InChI=1S/C20H20N4O3/c1-3-26-17-10-9-16(12-21-17)19-23-18(27-24-19)13-22-20(25)14(2)11-15-7-5-4-6-8-15/h4-12H,3,13H2,1-2H3,(H,22,25)/b14-11+. The van der Waals surface area contributed by atoms with Crippen LogP contribution in [-0.4, -0.2) is 27.6 Å². The molecule has 0 saturated carbocycles. The van der Waals surface area contributed by atoms with Gasteiger partial charge in [-0.25, -0.2) is 4.98 Å². The van der Waals surface area contributed by atoms with Crippen LogP contribution in [0.3, 0.4) is 0 Å². The minimum atomic E-state index is -0.193. The van der Waals surface area contributed by atoms with E-state index in [1.807, 2.05) is 43.3 Å². The smallest absolute Gasteiger partial charge is 0.247 e. The molecule has 27 heavy (non-hydrogen) atoms. The Morgan fingerprint density at radius 3 is 2.74 bits per heavy atom. The maximum absolute atomic E-state index is 12.2. The van der Waals surface area contributed by atoms with Gasteiger partial charge in [-0.2, -0.15) is 4.98 Å². The maximum atomic E-state index is 12.2. The Morgan fingerprint density at radius 1 is 1.22 bits per heavy atom. The summed E-state index contributed by atoms with van der Waals surface area (Å²) in [5.41, 5.74) is 2.27. The third-order valence-corrected chi connectivity index (χ3v) is 3.70. The number of aromatic nitrogens is 3. The van der Waals surface area contributed by atoms with Gasteiger partial charge >= 0.3 is 0 Å². The molecule has 0 aliphatic rings. The Labute approximate surface area is 157 Å². The number of carbonyl (C=O) groups excluding carboxylic acids is 1. The second-order valence-electron chi connectivity index (χ2n) is 5.75. The first-order valence-corrected chi connectivity index (χ1v) is 8.59. The Hall–Kier alpha value is -3.48. The van der Waals surface area contributed by atoms with Crippen molar-refractivity contribution in [3.8, 4) is 17.3 Å². The second-order valence-corrected chi connectivity index (χ2v) is 5.75. The van der Waals surface area contributed by atoms with Gasteiger partial charge in [0.05, 0.1) is 13.2 Å². The summed E-state index contributed by atoms with van der Waals surface area (Å²) in [6, 6.07) is 13.2. The molecule has 0 radical (unpaired) electrons. The van der Waals surface area contributed by atoms with Crippen LogP contribution in [-0.2, 0) is 11.3 Å². The molecule has 0 spiro atoms. The van der Waals surface area contributed by atoms with Crippen LogP contribution in [0.15, 0.2) is 58.8 Å². The molecule has 2 aromatic heterocycles. The van der Waals surface area contributed by atoms with Gasteiger partial charge in [0, 0.05) is 23.4 Å². The van der Waals surface area contributed by atoms with Crippen molar-refractivity contribution in [3.05, 3.63) is 65.7 Å². The fraction of sp³-hybridized carbons (Fsp3) is 0.200. The number of pyridine rings is 1. The number of ether oxygens (including phenoxy) is 1. The summed E-state index contributed by atoms with van der Waals surface area (Å²) in [5.74, 6) is 1.07. The van der Waals surface area contributed by atoms with Crippen molar-refractivity contribution in [1.82, 2.24) is 20.4 Å². The number of hydrogen-bond acceptors (Lipinski definition) is 6. The van der Waals surface area contributed by atoms with Crippen LogP contribution in [0.5, 0.6) is 5.88 Å². The van der Waals surface area contributed by atoms with Crippen molar-refractivity contribution >= 4 is 12.0 Å². The summed E-state index contributed by atoms with van der Waals surface area (Å²) in [5, 5.41) is 6.69. The topological polar surface area (TPSA) is 90.1 Å². The van der Waals surface area contributed by atoms with Gasteiger partial charge < -0.3 is 14.6 Å². The van der Waals surface area contributed by atoms with E-state index in [0.717, 1.165) is 5.56 Å². The zero-order valence-electron chi connectivity index (χ0n) is 15.2. The molecule has 3 aromatic rings. The van der Waals surface area contributed by atoms with Crippen molar-refractivity contribution in [3.63, 3.8) is 0 Å². The molecule has 2 heterocycles. The number of amides is 1. The van der Waals surface area contributed by atoms with E-state index in [-0.39, 0.29) is 12.5 Å². The fourth-order valence-corrected chi connectivity index (χ4v) is 2.35. The first-order chi connectivity index (χ1) is 13.2. The lowest BCUT2D eigenvalue weighted by atomic mass is 10.1. The molecule has 0 saturated heterocycles. The van der Waals surface area contributed by atoms with E-state index in [1.165, 1.54) is 0 Å².